The summed E-state index contributed by atoms with van der Waals surface area (Å²) in [4.78, 5) is 25.4. The van der Waals surface area contributed by atoms with Gasteiger partial charge in [0.25, 0.3) is 5.91 Å². The first-order chi connectivity index (χ1) is 12.0. The van der Waals surface area contributed by atoms with Gasteiger partial charge in [-0.25, -0.2) is 0 Å². The molecule has 1 aromatic carbocycles. The number of hydrogen-bond acceptors (Lipinski definition) is 5. The van der Waals surface area contributed by atoms with Crippen LogP contribution in [-0.2, 0) is 6.61 Å². The van der Waals surface area contributed by atoms with Crippen molar-refractivity contribution in [3.63, 3.8) is 0 Å². The molecule has 1 fully saturated rings. The van der Waals surface area contributed by atoms with Crippen LogP contribution in [0.25, 0.3) is 0 Å². The molecule has 0 radical (unpaired) electrons. The molecule has 0 aliphatic carbocycles. The maximum absolute atomic E-state index is 12.4. The van der Waals surface area contributed by atoms with Gasteiger partial charge in [-0.3, -0.25) is 14.7 Å². The predicted molar refractivity (Wildman–Crippen MR) is 90.5 cm³/mol. The fraction of sp³-hybridized carbons (Fsp3) is 0.389. The average molecular weight is 343 g/mol. The van der Waals surface area contributed by atoms with Gasteiger partial charge >= 0.3 is 0 Å². The molecule has 1 atom stereocenters. The van der Waals surface area contributed by atoms with Crippen molar-refractivity contribution in [3.05, 3.63) is 47.3 Å². The van der Waals surface area contributed by atoms with Crippen LogP contribution in [-0.4, -0.2) is 51.1 Å². The van der Waals surface area contributed by atoms with E-state index < -0.39 is 6.10 Å². The van der Waals surface area contributed by atoms with E-state index in [1.807, 2.05) is 0 Å². The Hall–Kier alpha value is -2.67. The molecule has 0 saturated carbocycles. The number of nitrogens with zero attached hydrogens (tertiary/aromatic N) is 2. The summed E-state index contributed by atoms with van der Waals surface area (Å²) >= 11 is 0. The molecule has 2 N–H and O–H groups in total. The van der Waals surface area contributed by atoms with Crippen molar-refractivity contribution in [2.75, 3.05) is 13.1 Å². The Morgan fingerprint density at radius 2 is 2.24 bits per heavy atom. The minimum absolute atomic E-state index is 0.0245. The lowest BCUT2D eigenvalue weighted by molar-refractivity contribution is 0.0469. The molecule has 0 bridgehead atoms. The number of aliphatic hydroxyl groups excluding tert-OH is 1. The highest BCUT2D eigenvalue weighted by Crippen LogP contribution is 2.16. The first-order valence-electron chi connectivity index (χ1n) is 8.28. The summed E-state index contributed by atoms with van der Waals surface area (Å²) in [6.07, 6.45) is 1.05. The number of carbonyl (C=O) groups is 2. The second-order valence-corrected chi connectivity index (χ2v) is 6.20. The lowest BCUT2D eigenvalue weighted by Gasteiger charge is -2.29. The number of rotatable bonds is 5. The van der Waals surface area contributed by atoms with Crippen LogP contribution >= 0.6 is 0 Å². The monoisotopic (exact) mass is 343 g/mol. The Morgan fingerprint density at radius 3 is 3.00 bits per heavy atom. The molecule has 0 spiro atoms. The third-order valence-electron chi connectivity index (χ3n) is 4.17. The van der Waals surface area contributed by atoms with E-state index >= 15 is 0 Å². The number of β-amino-alcohol motifs (C(OH)–C–C–N with tert-alkyl or cyclic N) is 1. The second-order valence-electron chi connectivity index (χ2n) is 6.20. The Labute approximate surface area is 145 Å². The summed E-state index contributed by atoms with van der Waals surface area (Å²) in [6.45, 7) is 2.69. The largest absolute Gasteiger partial charge is 0.487 e. The van der Waals surface area contributed by atoms with Crippen molar-refractivity contribution in [1.82, 2.24) is 15.1 Å². The molecule has 1 aliphatic heterocycles. The van der Waals surface area contributed by atoms with Crippen molar-refractivity contribution in [2.45, 2.75) is 32.5 Å². The number of H-pyrrole nitrogens is 1. The van der Waals surface area contributed by atoms with Gasteiger partial charge < -0.3 is 14.7 Å². The van der Waals surface area contributed by atoms with E-state index in [0.29, 0.717) is 35.8 Å². The number of likely N-dealkylation sites (tertiary alicyclic amines) is 1. The zero-order valence-corrected chi connectivity index (χ0v) is 14.1. The highest BCUT2D eigenvalue weighted by molar-refractivity contribution is 5.94. The van der Waals surface area contributed by atoms with Crippen molar-refractivity contribution < 1.29 is 19.4 Å². The van der Waals surface area contributed by atoms with Gasteiger partial charge in [0, 0.05) is 18.7 Å². The number of amides is 1. The normalized spacial score (nSPS) is 17.4. The average Bonchev–Trinajstić information content (AvgIpc) is 3.08. The summed E-state index contributed by atoms with van der Waals surface area (Å²) in [5, 5.41) is 16.5. The van der Waals surface area contributed by atoms with Gasteiger partial charge in [-0.15, -0.1) is 0 Å². The highest BCUT2D eigenvalue weighted by Gasteiger charge is 2.24. The molecule has 2 aromatic rings. The Morgan fingerprint density at radius 1 is 1.40 bits per heavy atom. The SMILES string of the molecule is CC(=O)c1cccc(OCc2cc(C(=O)N3CCC[C@H](O)C3)n[nH]2)c1. The first-order valence-corrected chi connectivity index (χ1v) is 8.28. The fourth-order valence-electron chi connectivity index (χ4n) is 2.81. The zero-order chi connectivity index (χ0) is 17.8. The van der Waals surface area contributed by atoms with Gasteiger partial charge in [0.1, 0.15) is 12.4 Å². The molecule has 3 rings (SSSR count). The summed E-state index contributed by atoms with van der Waals surface area (Å²) in [5.41, 5.74) is 1.56. The van der Waals surface area contributed by atoms with Crippen LogP contribution in [0.1, 0.15) is 46.3 Å². The lowest BCUT2D eigenvalue weighted by Crippen LogP contribution is -2.42. The van der Waals surface area contributed by atoms with Gasteiger partial charge in [-0.05, 0) is 38.0 Å². The topological polar surface area (TPSA) is 95.5 Å². The quantitative estimate of drug-likeness (QED) is 0.807. The number of hydrogen-bond donors (Lipinski definition) is 2. The second kappa shape index (κ2) is 7.48. The third kappa shape index (κ3) is 4.24. The standard InChI is InChI=1S/C18H21N3O4/c1-12(22)13-4-2-6-16(8-13)25-11-14-9-17(20-19-14)18(24)21-7-3-5-15(23)10-21/h2,4,6,8-9,15,23H,3,5,7,10-11H2,1H3,(H,19,20)/t15-/m0/s1. The third-order valence-corrected chi connectivity index (χ3v) is 4.17. The molecule has 132 valence electrons. The molecule has 2 heterocycles. The number of benzene rings is 1. The summed E-state index contributed by atoms with van der Waals surface area (Å²) < 4.78 is 5.65. The maximum Gasteiger partial charge on any atom is 0.274 e. The van der Waals surface area contributed by atoms with Gasteiger partial charge in [0.05, 0.1) is 11.8 Å². The lowest BCUT2D eigenvalue weighted by atomic mass is 10.1. The molecule has 1 aliphatic rings. The smallest absolute Gasteiger partial charge is 0.274 e. The van der Waals surface area contributed by atoms with Crippen LogP contribution in [0.3, 0.4) is 0 Å². The van der Waals surface area contributed by atoms with Crippen LogP contribution in [0.15, 0.2) is 30.3 Å². The summed E-state index contributed by atoms with van der Waals surface area (Å²) in [6, 6.07) is 8.59. The van der Waals surface area contributed by atoms with E-state index in [2.05, 4.69) is 10.2 Å². The van der Waals surface area contributed by atoms with E-state index in [4.69, 9.17) is 4.74 Å². The molecule has 7 nitrogen and oxygen atoms in total. The molecular formula is C18H21N3O4. The minimum Gasteiger partial charge on any atom is -0.487 e. The first kappa shape index (κ1) is 17.2. The Bertz CT molecular complexity index is 771. The molecule has 0 unspecified atom stereocenters. The molecule has 1 aromatic heterocycles. The maximum atomic E-state index is 12.4. The van der Waals surface area contributed by atoms with Crippen LogP contribution in [0.5, 0.6) is 5.75 Å². The minimum atomic E-state index is -0.465. The number of nitrogens with one attached hydrogen (secondary N) is 1. The molecule has 25 heavy (non-hydrogen) atoms. The highest BCUT2D eigenvalue weighted by atomic mass is 16.5. The molecular weight excluding hydrogens is 322 g/mol. The number of ether oxygens (including phenoxy) is 1. The summed E-state index contributed by atoms with van der Waals surface area (Å²) in [7, 11) is 0. The predicted octanol–water partition coefficient (Wildman–Crippen LogP) is 1.79. The van der Waals surface area contributed by atoms with Crippen LogP contribution < -0.4 is 4.74 Å². The van der Waals surface area contributed by atoms with Crippen molar-refractivity contribution in [3.8, 4) is 5.75 Å². The van der Waals surface area contributed by atoms with Gasteiger partial charge in [0.15, 0.2) is 11.5 Å². The molecule has 7 heteroatoms. The number of piperidine rings is 1. The van der Waals surface area contributed by atoms with Crippen molar-refractivity contribution in [1.29, 1.82) is 0 Å². The van der Waals surface area contributed by atoms with E-state index in [9.17, 15) is 14.7 Å². The van der Waals surface area contributed by atoms with Crippen LogP contribution in [0.2, 0.25) is 0 Å². The van der Waals surface area contributed by atoms with E-state index in [1.54, 1.807) is 35.2 Å². The molecule has 1 amide bonds. The number of ketones is 1. The fourth-order valence-corrected chi connectivity index (χ4v) is 2.81. The van der Waals surface area contributed by atoms with E-state index in [1.165, 1.54) is 6.92 Å². The van der Waals surface area contributed by atoms with Crippen molar-refractivity contribution in [2.24, 2.45) is 0 Å². The number of carbonyl (C=O) groups excluding carboxylic acids is 2. The number of aromatic amines is 1. The van der Waals surface area contributed by atoms with Gasteiger partial charge in [-0.2, -0.15) is 5.10 Å². The van der Waals surface area contributed by atoms with Gasteiger partial charge in [-0.1, -0.05) is 12.1 Å². The molecule has 1 saturated heterocycles. The van der Waals surface area contributed by atoms with Crippen molar-refractivity contribution >= 4 is 11.7 Å². The van der Waals surface area contributed by atoms with Crippen LogP contribution in [0, 0.1) is 0 Å². The number of aromatic nitrogens is 2. The summed E-state index contributed by atoms with van der Waals surface area (Å²) in [5.74, 6) is 0.359. The van der Waals surface area contributed by atoms with E-state index in [-0.39, 0.29) is 18.3 Å². The van der Waals surface area contributed by atoms with Crippen LogP contribution in [0.4, 0.5) is 0 Å². The number of Topliss-reactive ketones (excluding diaryl/α,β-unsaturated/α-hetero) is 1. The van der Waals surface area contributed by atoms with E-state index in [0.717, 1.165) is 12.8 Å². The Balaban J connectivity index is 1.61. The number of aliphatic hydroxyl groups is 1. The zero-order valence-electron chi connectivity index (χ0n) is 14.1. The van der Waals surface area contributed by atoms with Gasteiger partial charge in [0.2, 0.25) is 0 Å². The Kier molecular flexibility index (Phi) is 5.14.